The van der Waals surface area contributed by atoms with Crippen LogP contribution in [-0.4, -0.2) is 23.2 Å². The van der Waals surface area contributed by atoms with Crippen molar-refractivity contribution in [1.82, 2.24) is 15.5 Å². The summed E-state index contributed by atoms with van der Waals surface area (Å²) in [5, 5.41) is 7.34. The number of benzene rings is 2. The largest absolute Gasteiger partial charge is 0.338 e. The lowest BCUT2D eigenvalue weighted by atomic mass is 10.1. The maximum Gasteiger partial charge on any atom is 0.244 e. The fraction of sp³-hybridized carbons (Fsp3) is 0.263. The highest BCUT2D eigenvalue weighted by molar-refractivity contribution is 7.99. The Bertz CT molecular complexity index is 752. The quantitative estimate of drug-likeness (QED) is 0.615. The Balaban J connectivity index is 0.00000225. The van der Waals surface area contributed by atoms with Crippen molar-refractivity contribution >= 4 is 24.2 Å². The number of nitrogens with zero attached hydrogens (tertiary/aromatic N) is 2. The molecule has 3 aromatic rings. The van der Waals surface area contributed by atoms with Crippen molar-refractivity contribution in [2.75, 3.05) is 7.05 Å². The fourth-order valence-corrected chi connectivity index (χ4v) is 3.43. The van der Waals surface area contributed by atoms with Gasteiger partial charge in [0.05, 0.1) is 0 Å². The van der Waals surface area contributed by atoms with Crippen LogP contribution in [0.25, 0.3) is 0 Å². The number of thioether (sulfide) groups is 1. The van der Waals surface area contributed by atoms with Crippen molar-refractivity contribution in [1.29, 1.82) is 0 Å². The van der Waals surface area contributed by atoms with Crippen LogP contribution in [0.2, 0.25) is 0 Å². The number of hydrogen-bond donors (Lipinski definition) is 1. The van der Waals surface area contributed by atoms with Crippen LogP contribution in [0.1, 0.15) is 29.5 Å². The molecular formula is C19H22ClN3OS. The average molecular weight is 376 g/mol. The van der Waals surface area contributed by atoms with Crippen molar-refractivity contribution in [2.45, 2.75) is 29.5 Å². The first-order valence-electron chi connectivity index (χ1n) is 8.02. The van der Waals surface area contributed by atoms with Crippen molar-refractivity contribution in [2.24, 2.45) is 0 Å². The number of nitrogens with one attached hydrogen (secondary N) is 1. The number of aromatic nitrogens is 2. The summed E-state index contributed by atoms with van der Waals surface area (Å²) in [6.45, 7) is 2.10. The van der Waals surface area contributed by atoms with Crippen LogP contribution >= 0.6 is 24.2 Å². The number of hydrogen-bond acceptors (Lipinski definition) is 5. The predicted octanol–water partition coefficient (Wildman–Crippen LogP) is 4.52. The lowest BCUT2D eigenvalue weighted by Crippen LogP contribution is -2.24. The summed E-state index contributed by atoms with van der Waals surface area (Å²) < 4.78 is 5.59. The number of likely N-dealkylation sites (N-methyl/N-ethyl adjacent to an activating group) is 1. The summed E-state index contributed by atoms with van der Waals surface area (Å²) in [5.41, 5.74) is 1.16. The molecule has 0 aliphatic heterocycles. The van der Waals surface area contributed by atoms with Gasteiger partial charge in [0, 0.05) is 17.4 Å². The molecule has 0 bridgehead atoms. The molecule has 0 saturated carbocycles. The van der Waals surface area contributed by atoms with E-state index < -0.39 is 0 Å². The van der Waals surface area contributed by atoms with Crippen molar-refractivity contribution in [3.05, 3.63) is 77.9 Å². The molecule has 2 atom stereocenters. The van der Waals surface area contributed by atoms with Gasteiger partial charge in [-0.2, -0.15) is 4.98 Å². The zero-order valence-electron chi connectivity index (χ0n) is 14.3. The van der Waals surface area contributed by atoms with Crippen molar-refractivity contribution in [3.63, 3.8) is 0 Å². The van der Waals surface area contributed by atoms with Gasteiger partial charge in [-0.15, -0.1) is 24.2 Å². The number of rotatable bonds is 7. The van der Waals surface area contributed by atoms with E-state index in [1.807, 2.05) is 43.4 Å². The second-order valence-corrected chi connectivity index (χ2v) is 6.84. The minimum atomic E-state index is -0.0141. The molecule has 0 aliphatic carbocycles. The minimum Gasteiger partial charge on any atom is -0.338 e. The van der Waals surface area contributed by atoms with Gasteiger partial charge < -0.3 is 9.84 Å². The molecule has 132 valence electrons. The number of halogens is 1. The first-order valence-corrected chi connectivity index (χ1v) is 8.90. The Morgan fingerprint density at radius 1 is 1.04 bits per heavy atom. The van der Waals surface area contributed by atoms with Crippen LogP contribution in [0.4, 0.5) is 0 Å². The maximum absolute atomic E-state index is 5.59. The lowest BCUT2D eigenvalue weighted by molar-refractivity contribution is 0.375. The summed E-state index contributed by atoms with van der Waals surface area (Å²) in [5.74, 6) is 1.38. The van der Waals surface area contributed by atoms with Gasteiger partial charge in [-0.1, -0.05) is 53.7 Å². The standard InChI is InChI=1S/C19H21N3OS.ClH/c1-14(20-2)13-17-21-19(23-22-17)18(15-9-5-3-6-10-15)24-16-11-7-4-8-12-16;/h3-12,14,18,20H,13H2,1-2H3;1H. The zero-order valence-corrected chi connectivity index (χ0v) is 15.9. The van der Waals surface area contributed by atoms with E-state index in [-0.39, 0.29) is 17.7 Å². The average Bonchev–Trinajstić information content (AvgIpc) is 3.09. The molecule has 0 amide bonds. The van der Waals surface area contributed by atoms with Crippen LogP contribution in [0.15, 0.2) is 70.1 Å². The second-order valence-electron chi connectivity index (χ2n) is 5.66. The molecule has 25 heavy (non-hydrogen) atoms. The minimum absolute atomic E-state index is 0. The van der Waals surface area contributed by atoms with Gasteiger partial charge in [-0.3, -0.25) is 0 Å². The third-order valence-corrected chi connectivity index (χ3v) is 5.04. The maximum atomic E-state index is 5.59. The predicted molar refractivity (Wildman–Crippen MR) is 104 cm³/mol. The molecule has 0 saturated heterocycles. The second kappa shape index (κ2) is 9.61. The molecule has 0 radical (unpaired) electrons. The normalized spacial score (nSPS) is 13.0. The van der Waals surface area contributed by atoms with E-state index >= 15 is 0 Å². The summed E-state index contributed by atoms with van der Waals surface area (Å²) in [6, 6.07) is 20.9. The molecule has 1 heterocycles. The van der Waals surface area contributed by atoms with E-state index in [0.717, 1.165) is 17.8 Å². The van der Waals surface area contributed by atoms with E-state index in [0.29, 0.717) is 11.9 Å². The first-order chi connectivity index (χ1) is 11.8. The van der Waals surface area contributed by atoms with E-state index in [1.54, 1.807) is 11.8 Å². The van der Waals surface area contributed by atoms with E-state index in [1.165, 1.54) is 4.90 Å². The van der Waals surface area contributed by atoms with Crippen LogP contribution < -0.4 is 5.32 Å². The van der Waals surface area contributed by atoms with E-state index in [4.69, 9.17) is 4.52 Å². The molecular weight excluding hydrogens is 354 g/mol. The fourth-order valence-electron chi connectivity index (χ4n) is 2.36. The topological polar surface area (TPSA) is 51.0 Å². The van der Waals surface area contributed by atoms with Gasteiger partial charge >= 0.3 is 0 Å². The van der Waals surface area contributed by atoms with Crippen molar-refractivity contribution in [3.8, 4) is 0 Å². The Hall–Kier alpha value is -1.82. The first kappa shape index (κ1) is 19.5. The van der Waals surface area contributed by atoms with Crippen LogP contribution in [0.5, 0.6) is 0 Å². The Morgan fingerprint density at radius 3 is 2.32 bits per heavy atom. The molecule has 0 spiro atoms. The summed E-state index contributed by atoms with van der Waals surface area (Å²) >= 11 is 1.72. The third kappa shape index (κ3) is 5.33. The highest BCUT2D eigenvalue weighted by Gasteiger charge is 2.22. The van der Waals surface area contributed by atoms with Gasteiger partial charge in [-0.05, 0) is 31.7 Å². The highest BCUT2D eigenvalue weighted by atomic mass is 35.5. The molecule has 0 aliphatic rings. The Morgan fingerprint density at radius 2 is 1.68 bits per heavy atom. The molecule has 1 aromatic heterocycles. The van der Waals surface area contributed by atoms with Crippen LogP contribution in [0.3, 0.4) is 0 Å². The third-order valence-electron chi connectivity index (χ3n) is 3.79. The van der Waals surface area contributed by atoms with Crippen molar-refractivity contribution < 1.29 is 4.52 Å². The van der Waals surface area contributed by atoms with Crippen LogP contribution in [-0.2, 0) is 6.42 Å². The summed E-state index contributed by atoms with van der Waals surface area (Å²) in [4.78, 5) is 5.81. The molecule has 2 aromatic carbocycles. The van der Waals surface area contributed by atoms with E-state index in [2.05, 4.69) is 46.6 Å². The van der Waals surface area contributed by atoms with Gasteiger partial charge in [-0.25, -0.2) is 0 Å². The molecule has 3 rings (SSSR count). The molecule has 6 heteroatoms. The lowest BCUT2D eigenvalue weighted by Gasteiger charge is -2.13. The summed E-state index contributed by atoms with van der Waals surface area (Å²) in [7, 11) is 1.93. The van der Waals surface area contributed by atoms with Gasteiger partial charge in [0.1, 0.15) is 5.25 Å². The molecule has 1 N–H and O–H groups in total. The monoisotopic (exact) mass is 375 g/mol. The molecule has 0 fully saturated rings. The Labute approximate surface area is 158 Å². The highest BCUT2D eigenvalue weighted by Crippen LogP contribution is 2.39. The van der Waals surface area contributed by atoms with Crippen LogP contribution in [0, 0.1) is 0 Å². The summed E-state index contributed by atoms with van der Waals surface area (Å²) in [6.07, 6.45) is 0.748. The zero-order chi connectivity index (χ0) is 16.8. The molecule has 4 nitrogen and oxygen atoms in total. The van der Waals surface area contributed by atoms with Gasteiger partial charge in [0.15, 0.2) is 5.82 Å². The van der Waals surface area contributed by atoms with Gasteiger partial charge in [0.25, 0.3) is 0 Å². The van der Waals surface area contributed by atoms with Gasteiger partial charge in [0.2, 0.25) is 5.89 Å². The Kier molecular flexibility index (Phi) is 7.50. The molecule has 2 unspecified atom stereocenters. The SMILES string of the molecule is CNC(C)Cc1noc(C(Sc2ccccc2)c2ccccc2)n1.Cl. The smallest absolute Gasteiger partial charge is 0.244 e. The van der Waals surface area contributed by atoms with E-state index in [9.17, 15) is 0 Å².